The first-order valence-electron chi connectivity index (χ1n) is 9.89. The molecule has 0 spiro atoms. The van der Waals surface area contributed by atoms with Crippen LogP contribution >= 0.6 is 0 Å². The molecule has 29 heavy (non-hydrogen) atoms. The van der Waals surface area contributed by atoms with Crippen LogP contribution in [0.4, 0.5) is 5.82 Å². The molecule has 1 fully saturated rings. The summed E-state index contributed by atoms with van der Waals surface area (Å²) in [4.78, 5) is 16.5. The summed E-state index contributed by atoms with van der Waals surface area (Å²) >= 11 is 0. The molecule has 0 unspecified atom stereocenters. The van der Waals surface area contributed by atoms with Crippen molar-refractivity contribution >= 4 is 11.7 Å². The second-order valence-corrected chi connectivity index (χ2v) is 6.92. The van der Waals surface area contributed by atoms with E-state index >= 15 is 0 Å². The molecule has 1 aliphatic heterocycles. The van der Waals surface area contributed by atoms with E-state index in [4.69, 9.17) is 4.74 Å². The lowest BCUT2D eigenvalue weighted by Gasteiger charge is -2.35. The van der Waals surface area contributed by atoms with Gasteiger partial charge in [-0.25, -0.2) is 0 Å². The van der Waals surface area contributed by atoms with Crippen molar-refractivity contribution in [2.45, 2.75) is 6.42 Å². The Kier molecular flexibility index (Phi) is 6.00. The van der Waals surface area contributed by atoms with Crippen LogP contribution in [0, 0.1) is 0 Å². The van der Waals surface area contributed by atoms with Gasteiger partial charge >= 0.3 is 0 Å². The number of benzene rings is 2. The topological polar surface area (TPSA) is 58.6 Å². The first-order valence-corrected chi connectivity index (χ1v) is 9.89. The average Bonchev–Trinajstić information content (AvgIpc) is 2.80. The van der Waals surface area contributed by atoms with Gasteiger partial charge in [0.2, 0.25) is 5.91 Å². The molecule has 1 aliphatic rings. The molecule has 2 heterocycles. The number of carbonyl (C=O) groups is 1. The number of nitrogens with zero attached hydrogens (tertiary/aromatic N) is 4. The van der Waals surface area contributed by atoms with E-state index < -0.39 is 0 Å². The molecule has 1 aromatic heterocycles. The number of amides is 1. The van der Waals surface area contributed by atoms with Crippen molar-refractivity contribution in [2.24, 2.45) is 0 Å². The molecular formula is C23H24N4O2. The number of piperazine rings is 1. The molecule has 2 aromatic carbocycles. The normalized spacial score (nSPS) is 13.9. The van der Waals surface area contributed by atoms with E-state index in [1.165, 1.54) is 0 Å². The van der Waals surface area contributed by atoms with Gasteiger partial charge in [0.25, 0.3) is 0 Å². The minimum atomic E-state index is 0.131. The monoisotopic (exact) mass is 388 g/mol. The second kappa shape index (κ2) is 9.19. The van der Waals surface area contributed by atoms with Crippen molar-refractivity contribution < 1.29 is 9.53 Å². The lowest BCUT2D eigenvalue weighted by Crippen LogP contribution is -2.49. The number of hydrogen-bond acceptors (Lipinski definition) is 5. The molecule has 0 aliphatic carbocycles. The first-order chi connectivity index (χ1) is 14.3. The fraction of sp³-hybridized carbons (Fsp3) is 0.261. The Morgan fingerprint density at radius 1 is 0.828 bits per heavy atom. The van der Waals surface area contributed by atoms with Crippen LogP contribution in [-0.4, -0.2) is 53.8 Å². The molecule has 0 bridgehead atoms. The molecule has 0 saturated carbocycles. The highest BCUT2D eigenvalue weighted by Crippen LogP contribution is 2.19. The van der Waals surface area contributed by atoms with E-state index in [1.54, 1.807) is 0 Å². The molecule has 0 N–H and O–H groups in total. The summed E-state index contributed by atoms with van der Waals surface area (Å²) < 4.78 is 5.63. The fourth-order valence-corrected chi connectivity index (χ4v) is 3.37. The van der Waals surface area contributed by atoms with Gasteiger partial charge in [0.1, 0.15) is 5.75 Å². The molecule has 6 heteroatoms. The number of aromatic nitrogens is 2. The van der Waals surface area contributed by atoms with Gasteiger partial charge in [0, 0.05) is 31.7 Å². The van der Waals surface area contributed by atoms with Gasteiger partial charge in [-0.2, -0.15) is 0 Å². The largest absolute Gasteiger partial charge is 0.493 e. The Labute approximate surface area is 170 Å². The van der Waals surface area contributed by atoms with Gasteiger partial charge in [0.15, 0.2) is 5.82 Å². The predicted octanol–water partition coefficient (Wildman–Crippen LogP) is 3.26. The van der Waals surface area contributed by atoms with Gasteiger partial charge in [-0.3, -0.25) is 4.79 Å². The van der Waals surface area contributed by atoms with E-state index in [1.807, 2.05) is 77.7 Å². The van der Waals surface area contributed by atoms with Crippen LogP contribution in [0.15, 0.2) is 72.8 Å². The molecule has 0 atom stereocenters. The molecular weight excluding hydrogens is 364 g/mol. The van der Waals surface area contributed by atoms with E-state index in [0.717, 1.165) is 35.9 Å². The van der Waals surface area contributed by atoms with Crippen molar-refractivity contribution in [3.05, 3.63) is 72.8 Å². The van der Waals surface area contributed by atoms with Crippen LogP contribution < -0.4 is 9.64 Å². The predicted molar refractivity (Wildman–Crippen MR) is 113 cm³/mol. The van der Waals surface area contributed by atoms with Crippen LogP contribution in [0.2, 0.25) is 0 Å². The van der Waals surface area contributed by atoms with E-state index in [9.17, 15) is 4.79 Å². The highest BCUT2D eigenvalue weighted by atomic mass is 16.5. The number of carbonyl (C=O) groups excluding carboxylic acids is 1. The molecule has 3 aromatic rings. The third kappa shape index (κ3) is 4.90. The Morgan fingerprint density at radius 3 is 2.17 bits per heavy atom. The highest BCUT2D eigenvalue weighted by molar-refractivity contribution is 5.76. The van der Waals surface area contributed by atoms with Crippen LogP contribution in [0.1, 0.15) is 6.42 Å². The van der Waals surface area contributed by atoms with E-state index in [0.29, 0.717) is 26.1 Å². The van der Waals surface area contributed by atoms with Crippen LogP contribution in [0.25, 0.3) is 11.3 Å². The van der Waals surface area contributed by atoms with Crippen LogP contribution in [0.3, 0.4) is 0 Å². The van der Waals surface area contributed by atoms with Gasteiger partial charge in [-0.15, -0.1) is 10.2 Å². The van der Waals surface area contributed by atoms with Crippen LogP contribution in [-0.2, 0) is 4.79 Å². The second-order valence-electron chi connectivity index (χ2n) is 6.92. The third-order valence-corrected chi connectivity index (χ3v) is 5.00. The van der Waals surface area contributed by atoms with Crippen molar-refractivity contribution in [3.8, 4) is 17.0 Å². The SMILES string of the molecule is O=C(CCOc1ccccc1)N1CCN(c2ccc(-c3ccccc3)nn2)CC1. The number of anilines is 1. The van der Waals surface area contributed by atoms with Gasteiger partial charge < -0.3 is 14.5 Å². The summed E-state index contributed by atoms with van der Waals surface area (Å²) in [5, 5.41) is 8.74. The number of rotatable bonds is 6. The standard InChI is InChI=1S/C23H24N4O2/c28-23(13-18-29-20-9-5-2-6-10-20)27-16-14-26(15-17-27)22-12-11-21(24-25-22)19-7-3-1-4-8-19/h1-12H,13-18H2. The summed E-state index contributed by atoms with van der Waals surface area (Å²) in [6.45, 7) is 3.28. The van der Waals surface area contributed by atoms with Gasteiger partial charge in [-0.1, -0.05) is 48.5 Å². The first kappa shape index (κ1) is 18.9. The molecule has 1 amide bonds. The zero-order valence-electron chi connectivity index (χ0n) is 16.3. The van der Waals surface area contributed by atoms with Gasteiger partial charge in [-0.05, 0) is 24.3 Å². The Bertz CT molecular complexity index is 909. The summed E-state index contributed by atoms with van der Waals surface area (Å²) in [5.41, 5.74) is 1.92. The van der Waals surface area contributed by atoms with Crippen molar-refractivity contribution in [2.75, 3.05) is 37.7 Å². The number of hydrogen-bond donors (Lipinski definition) is 0. The Morgan fingerprint density at radius 2 is 1.52 bits per heavy atom. The minimum Gasteiger partial charge on any atom is -0.493 e. The number of para-hydroxylation sites is 1. The highest BCUT2D eigenvalue weighted by Gasteiger charge is 2.22. The summed E-state index contributed by atoms with van der Waals surface area (Å²) in [7, 11) is 0. The quantitative estimate of drug-likeness (QED) is 0.649. The maximum absolute atomic E-state index is 12.4. The summed E-state index contributed by atoms with van der Waals surface area (Å²) in [6.07, 6.45) is 0.389. The minimum absolute atomic E-state index is 0.131. The zero-order chi connectivity index (χ0) is 19.9. The van der Waals surface area contributed by atoms with Crippen molar-refractivity contribution in [1.82, 2.24) is 15.1 Å². The smallest absolute Gasteiger partial charge is 0.226 e. The Balaban J connectivity index is 1.25. The number of ether oxygens (including phenoxy) is 1. The van der Waals surface area contributed by atoms with Crippen molar-refractivity contribution in [1.29, 1.82) is 0 Å². The van der Waals surface area contributed by atoms with Gasteiger partial charge in [0.05, 0.1) is 18.7 Å². The van der Waals surface area contributed by atoms with E-state index in [2.05, 4.69) is 15.1 Å². The zero-order valence-corrected chi connectivity index (χ0v) is 16.3. The third-order valence-electron chi connectivity index (χ3n) is 5.00. The fourth-order valence-electron chi connectivity index (χ4n) is 3.37. The van der Waals surface area contributed by atoms with E-state index in [-0.39, 0.29) is 5.91 Å². The maximum Gasteiger partial charge on any atom is 0.226 e. The molecule has 148 valence electrons. The molecule has 4 rings (SSSR count). The van der Waals surface area contributed by atoms with Crippen molar-refractivity contribution in [3.63, 3.8) is 0 Å². The average molecular weight is 388 g/mol. The molecule has 6 nitrogen and oxygen atoms in total. The Hall–Kier alpha value is -3.41. The van der Waals surface area contributed by atoms with Crippen LogP contribution in [0.5, 0.6) is 5.75 Å². The summed E-state index contributed by atoms with van der Waals surface area (Å²) in [6, 6.07) is 23.6. The maximum atomic E-state index is 12.4. The summed E-state index contributed by atoms with van der Waals surface area (Å²) in [5.74, 6) is 1.78. The molecule has 0 radical (unpaired) electrons. The molecule has 1 saturated heterocycles. The lowest BCUT2D eigenvalue weighted by atomic mass is 10.1. The lowest BCUT2D eigenvalue weighted by molar-refractivity contribution is -0.132.